The first-order chi connectivity index (χ1) is 8.99. The molecule has 0 atom stereocenters. The van der Waals surface area contributed by atoms with Crippen molar-refractivity contribution in [3.05, 3.63) is 58.9 Å². The number of carbonyl (C=O) groups is 2. The van der Waals surface area contributed by atoms with E-state index in [2.05, 4.69) is 0 Å². The number of carbonyl (C=O) groups excluding carboxylic acids is 1. The van der Waals surface area contributed by atoms with E-state index in [0.717, 1.165) is 5.56 Å². The fourth-order valence-electron chi connectivity index (χ4n) is 1.97. The third-order valence-corrected chi connectivity index (χ3v) is 3.10. The summed E-state index contributed by atoms with van der Waals surface area (Å²) in [6, 6.07) is 10.7. The smallest absolute Gasteiger partial charge is 0.481 e. The normalized spacial score (nSPS) is 9.00. The maximum absolute atomic E-state index is 12.3. The van der Waals surface area contributed by atoms with Gasteiger partial charge in [0.05, 0.1) is 12.1 Å². The fraction of sp³-hybridized carbons (Fsp3) is 0.200. The summed E-state index contributed by atoms with van der Waals surface area (Å²) in [6.45, 7) is 1.96. The van der Waals surface area contributed by atoms with E-state index in [1.165, 1.54) is 0 Å². The summed E-state index contributed by atoms with van der Waals surface area (Å²) in [5, 5.41) is 8.79. The van der Waals surface area contributed by atoms with Crippen molar-refractivity contribution in [3.8, 4) is 0 Å². The van der Waals surface area contributed by atoms with Crippen molar-refractivity contribution >= 4 is 11.8 Å². The topological polar surface area (TPSA) is 122 Å². The Labute approximate surface area is 150 Å². The summed E-state index contributed by atoms with van der Waals surface area (Å²) in [4.78, 5) is 23.0. The van der Waals surface area contributed by atoms with E-state index < -0.39 is 5.97 Å². The molecule has 0 bridgehead atoms. The molecule has 0 aliphatic carbocycles. The van der Waals surface area contributed by atoms with Crippen LogP contribution in [0.1, 0.15) is 27.3 Å². The average molecular weight is 316 g/mol. The number of benzene rings is 1. The van der Waals surface area contributed by atoms with Crippen LogP contribution >= 0.6 is 0 Å². The summed E-state index contributed by atoms with van der Waals surface area (Å²) in [6.07, 6.45) is -0.0856. The third-order valence-electron chi connectivity index (χ3n) is 3.10. The molecule has 1 aromatic heterocycles. The molecule has 0 amide bonds. The molecule has 2 aromatic rings. The number of aromatic nitrogens is 1. The SMILES string of the molecule is Cc1ccc(C(=O)c2ccc(CC(=O)O)n2C)cc1.O.O.[Na+]. The van der Waals surface area contributed by atoms with Gasteiger partial charge in [0, 0.05) is 18.3 Å². The Bertz CT molecular complexity index is 634. The predicted octanol–water partition coefficient (Wildman–Crippen LogP) is -2.45. The molecule has 0 unspecified atom stereocenters. The van der Waals surface area contributed by atoms with Crippen LogP contribution in [0.5, 0.6) is 0 Å². The van der Waals surface area contributed by atoms with Crippen LogP contribution in [0.3, 0.4) is 0 Å². The Morgan fingerprint density at radius 2 is 1.59 bits per heavy atom. The third kappa shape index (κ3) is 5.08. The van der Waals surface area contributed by atoms with Gasteiger partial charge in [-0.25, -0.2) is 0 Å². The maximum atomic E-state index is 12.3. The van der Waals surface area contributed by atoms with Gasteiger partial charge in [0.15, 0.2) is 0 Å². The number of carboxylic acid groups (broad SMARTS) is 1. The molecule has 7 heteroatoms. The van der Waals surface area contributed by atoms with Gasteiger partial charge in [-0.3, -0.25) is 9.59 Å². The Morgan fingerprint density at radius 1 is 1.05 bits per heavy atom. The van der Waals surface area contributed by atoms with Gasteiger partial charge in [-0.2, -0.15) is 0 Å². The molecule has 5 N–H and O–H groups in total. The van der Waals surface area contributed by atoms with Gasteiger partial charge in [0.1, 0.15) is 0 Å². The zero-order chi connectivity index (χ0) is 14.0. The summed E-state index contributed by atoms with van der Waals surface area (Å²) in [7, 11) is 1.71. The van der Waals surface area contributed by atoms with Gasteiger partial charge in [0.25, 0.3) is 0 Å². The molecular weight excluding hydrogens is 297 g/mol. The van der Waals surface area contributed by atoms with E-state index >= 15 is 0 Å². The Balaban J connectivity index is 0. The summed E-state index contributed by atoms with van der Waals surface area (Å²) < 4.78 is 1.64. The van der Waals surface area contributed by atoms with Crippen LogP contribution in [-0.2, 0) is 18.3 Å². The number of ketones is 1. The molecular formula is C15H19NNaO5+. The van der Waals surface area contributed by atoms with Crippen molar-refractivity contribution in [1.82, 2.24) is 4.57 Å². The second-order valence-corrected chi connectivity index (χ2v) is 4.53. The van der Waals surface area contributed by atoms with Gasteiger partial charge in [-0.15, -0.1) is 0 Å². The van der Waals surface area contributed by atoms with Crippen LogP contribution in [0.25, 0.3) is 0 Å². The molecule has 1 aromatic carbocycles. The Morgan fingerprint density at radius 3 is 2.09 bits per heavy atom. The largest absolute Gasteiger partial charge is 1.00 e. The zero-order valence-electron chi connectivity index (χ0n) is 12.9. The number of rotatable bonds is 4. The molecule has 0 saturated heterocycles. The van der Waals surface area contributed by atoms with E-state index in [4.69, 9.17) is 5.11 Å². The van der Waals surface area contributed by atoms with Crippen LogP contribution in [-0.4, -0.2) is 32.4 Å². The number of carboxylic acids is 1. The molecule has 1 heterocycles. The minimum atomic E-state index is -0.907. The van der Waals surface area contributed by atoms with Crippen molar-refractivity contribution in [2.45, 2.75) is 13.3 Å². The molecule has 2 rings (SSSR count). The van der Waals surface area contributed by atoms with Gasteiger partial charge in [-0.1, -0.05) is 29.8 Å². The van der Waals surface area contributed by atoms with E-state index in [1.54, 1.807) is 35.9 Å². The summed E-state index contributed by atoms with van der Waals surface area (Å²) >= 11 is 0. The minimum Gasteiger partial charge on any atom is -0.481 e. The number of aliphatic carboxylic acids is 1. The Kier molecular flexibility index (Phi) is 9.91. The Hall–Kier alpha value is -1.44. The minimum absolute atomic E-state index is 0. The van der Waals surface area contributed by atoms with Gasteiger partial charge < -0.3 is 20.6 Å². The van der Waals surface area contributed by atoms with E-state index in [0.29, 0.717) is 17.0 Å². The average Bonchev–Trinajstić information content (AvgIpc) is 2.70. The molecule has 0 aliphatic rings. The summed E-state index contributed by atoms with van der Waals surface area (Å²) in [5.41, 5.74) is 2.81. The number of hydrogen-bond acceptors (Lipinski definition) is 2. The second-order valence-electron chi connectivity index (χ2n) is 4.53. The standard InChI is InChI=1S/C15H15NO3.Na.2H2O/c1-10-3-5-11(6-4-10)15(19)13-8-7-12(16(13)2)9-14(17)18;;;/h3-8H,9H2,1-2H3,(H,17,18);;2*1H2/q;+1;;. The van der Waals surface area contributed by atoms with E-state index in [1.807, 2.05) is 19.1 Å². The molecule has 0 saturated carbocycles. The first-order valence-electron chi connectivity index (χ1n) is 5.97. The first kappa shape index (κ1) is 22.8. The quantitative estimate of drug-likeness (QED) is 0.497. The van der Waals surface area contributed by atoms with Crippen molar-refractivity contribution in [2.75, 3.05) is 0 Å². The monoisotopic (exact) mass is 316 g/mol. The van der Waals surface area contributed by atoms with Crippen molar-refractivity contribution < 1.29 is 55.2 Å². The second kappa shape index (κ2) is 9.55. The molecule has 22 heavy (non-hydrogen) atoms. The maximum Gasteiger partial charge on any atom is 1.00 e. The van der Waals surface area contributed by atoms with Crippen molar-refractivity contribution in [2.24, 2.45) is 7.05 Å². The number of aryl methyl sites for hydroxylation is 1. The van der Waals surface area contributed by atoms with Crippen LogP contribution in [0.15, 0.2) is 36.4 Å². The van der Waals surface area contributed by atoms with Crippen LogP contribution in [0, 0.1) is 6.92 Å². The van der Waals surface area contributed by atoms with E-state index in [-0.39, 0.29) is 52.7 Å². The van der Waals surface area contributed by atoms with Crippen LogP contribution in [0.2, 0.25) is 0 Å². The van der Waals surface area contributed by atoms with Gasteiger partial charge in [0.2, 0.25) is 5.78 Å². The molecule has 0 aliphatic heterocycles. The zero-order valence-corrected chi connectivity index (χ0v) is 14.9. The van der Waals surface area contributed by atoms with E-state index in [9.17, 15) is 9.59 Å². The van der Waals surface area contributed by atoms with Crippen LogP contribution < -0.4 is 29.6 Å². The molecule has 0 fully saturated rings. The summed E-state index contributed by atoms with van der Waals surface area (Å²) in [5.74, 6) is -1.00. The molecule has 114 valence electrons. The predicted molar refractivity (Wildman–Crippen MR) is 78.6 cm³/mol. The van der Waals surface area contributed by atoms with Crippen LogP contribution in [0.4, 0.5) is 0 Å². The fourth-order valence-corrected chi connectivity index (χ4v) is 1.97. The van der Waals surface area contributed by atoms with Gasteiger partial charge in [-0.05, 0) is 19.1 Å². The first-order valence-corrected chi connectivity index (χ1v) is 5.97. The van der Waals surface area contributed by atoms with Crippen molar-refractivity contribution in [3.63, 3.8) is 0 Å². The van der Waals surface area contributed by atoms with Crippen molar-refractivity contribution in [1.29, 1.82) is 0 Å². The molecule has 0 spiro atoms. The van der Waals surface area contributed by atoms with Gasteiger partial charge >= 0.3 is 35.5 Å². The molecule has 6 nitrogen and oxygen atoms in total. The number of hydrogen-bond donors (Lipinski definition) is 1. The molecule has 0 radical (unpaired) electrons. The number of nitrogens with zero attached hydrogens (tertiary/aromatic N) is 1.